The molecule has 0 fully saturated rings. The summed E-state index contributed by atoms with van der Waals surface area (Å²) in [5.41, 5.74) is 0. The number of hydrogen-bond acceptors (Lipinski definition) is 3. The van der Waals surface area contributed by atoms with Crippen LogP contribution in [0.25, 0.3) is 0 Å². The molecule has 0 heterocycles. The predicted molar refractivity (Wildman–Crippen MR) is 55.1 cm³/mol. The second kappa shape index (κ2) is 6.24. The monoisotopic (exact) mass is 457 g/mol. The Morgan fingerprint density at radius 1 is 0.741 bits per heavy atom. The van der Waals surface area contributed by atoms with Crippen molar-refractivity contribution in [1.29, 1.82) is 0 Å². The molecule has 0 saturated heterocycles. The molecule has 0 radical (unpaired) electrons. The zero-order chi connectivity index (χ0) is 22.7. The molecule has 5 nitrogen and oxygen atoms in total. The van der Waals surface area contributed by atoms with Crippen LogP contribution in [0.3, 0.4) is 0 Å². The highest BCUT2D eigenvalue weighted by atomic mass is 32.2. The second-order valence-corrected chi connectivity index (χ2v) is 6.57. The topological polar surface area (TPSA) is 74.7 Å². The number of nitrogens with zero attached hydrogens (tertiary/aromatic N) is 1. The summed E-state index contributed by atoms with van der Waals surface area (Å²) in [5, 5.41) is 0.190. The molecule has 0 aliphatic heterocycles. The number of aliphatic carboxylic acids is 1. The van der Waals surface area contributed by atoms with Crippen molar-refractivity contribution in [3.8, 4) is 0 Å². The first-order valence-electron chi connectivity index (χ1n) is 5.53. The maximum Gasteiger partial charge on any atom is 0.460 e. The molecule has 0 rings (SSSR count). The van der Waals surface area contributed by atoms with Gasteiger partial charge in [-0.15, -0.1) is 4.31 Å². The minimum Gasteiger partial charge on any atom is -0.476 e. The van der Waals surface area contributed by atoms with Gasteiger partial charge in [0.25, 0.3) is 10.0 Å². The van der Waals surface area contributed by atoms with E-state index in [1.165, 1.54) is 0 Å². The minimum absolute atomic E-state index is 0.854. The van der Waals surface area contributed by atoms with Crippen LogP contribution in [0.15, 0.2) is 0 Å². The zero-order valence-electron chi connectivity index (χ0n) is 11.9. The number of hydrogen-bond donors (Lipinski definition) is 1. The fraction of sp³-hybridized carbons (Fsp3) is 0.875. The summed E-state index contributed by atoms with van der Waals surface area (Å²) in [6.07, 6.45) is -7.60. The van der Waals surface area contributed by atoms with Crippen LogP contribution in [0.2, 0.25) is 0 Å². The normalized spacial score (nSPS) is 16.0. The molecule has 19 heteroatoms. The SMILES string of the molecule is CN(C(F)(F)C(=O)O)S(=O)(=O)C(F)(F)C(F)(F)C(F)(F)C(F)(F)C(F)(F)F. The molecular formula is C8H4F13NO4S. The lowest BCUT2D eigenvalue weighted by atomic mass is 10.0. The number of carboxylic acids is 1. The number of halogens is 13. The van der Waals surface area contributed by atoms with Gasteiger partial charge in [-0.1, -0.05) is 0 Å². The van der Waals surface area contributed by atoms with Gasteiger partial charge in [0.15, 0.2) is 0 Å². The lowest BCUT2D eigenvalue weighted by Gasteiger charge is -2.38. The van der Waals surface area contributed by atoms with E-state index >= 15 is 0 Å². The first kappa shape index (κ1) is 25.5. The van der Waals surface area contributed by atoms with Crippen molar-refractivity contribution >= 4 is 16.0 Å². The molecule has 0 amide bonds. The van der Waals surface area contributed by atoms with Gasteiger partial charge < -0.3 is 5.11 Å². The summed E-state index contributed by atoms with van der Waals surface area (Å²) in [7, 11) is -8.80. The molecule has 1 N–H and O–H groups in total. The van der Waals surface area contributed by atoms with Crippen LogP contribution in [-0.4, -0.2) is 66.1 Å². The quantitative estimate of drug-likeness (QED) is 0.472. The summed E-state index contributed by atoms with van der Waals surface area (Å²) in [5.74, 6) is -27.9. The van der Waals surface area contributed by atoms with Crippen LogP contribution < -0.4 is 0 Å². The highest BCUT2D eigenvalue weighted by molar-refractivity contribution is 7.90. The molecule has 0 unspecified atom stereocenters. The van der Waals surface area contributed by atoms with E-state index in [9.17, 15) is 70.3 Å². The largest absolute Gasteiger partial charge is 0.476 e. The van der Waals surface area contributed by atoms with Crippen molar-refractivity contribution < 1.29 is 75.4 Å². The first-order chi connectivity index (χ1) is 11.3. The van der Waals surface area contributed by atoms with E-state index in [0.29, 0.717) is 0 Å². The summed E-state index contributed by atoms with van der Waals surface area (Å²) < 4.78 is 185. The number of rotatable bonds is 7. The van der Waals surface area contributed by atoms with E-state index in [0.717, 1.165) is 0 Å². The van der Waals surface area contributed by atoms with Crippen LogP contribution in [0.5, 0.6) is 0 Å². The minimum atomic E-state index is -8.17. The smallest absolute Gasteiger partial charge is 0.460 e. The summed E-state index contributed by atoms with van der Waals surface area (Å²) in [6.45, 7) is 0. The van der Waals surface area contributed by atoms with Gasteiger partial charge in [-0.25, -0.2) is 13.2 Å². The number of carbonyl (C=O) groups is 1. The Morgan fingerprint density at radius 2 is 1.07 bits per heavy atom. The summed E-state index contributed by atoms with van der Waals surface area (Å²) in [4.78, 5) is 10.1. The maximum absolute atomic E-state index is 13.4. The summed E-state index contributed by atoms with van der Waals surface area (Å²) >= 11 is 0. The molecule has 0 saturated carbocycles. The standard InChI is InChI=1S/C8H4F13NO4S/c1-22(3(9,10)2(23)24)27(25,26)8(20,21)6(15,16)4(11,12)5(13,14)7(17,18)19/h1H3,(H,23,24). The van der Waals surface area contributed by atoms with E-state index in [4.69, 9.17) is 5.11 Å². The molecule has 0 aromatic heterocycles. The van der Waals surface area contributed by atoms with Crippen molar-refractivity contribution in [3.05, 3.63) is 0 Å². The Morgan fingerprint density at radius 3 is 1.33 bits per heavy atom. The number of sulfonamides is 1. The zero-order valence-corrected chi connectivity index (χ0v) is 12.8. The Balaban J connectivity index is 6.62. The Hall–Kier alpha value is -1.53. The fourth-order valence-electron chi connectivity index (χ4n) is 1.18. The number of alkyl halides is 13. The molecule has 0 atom stereocenters. The molecule has 0 aromatic carbocycles. The highest BCUT2D eigenvalue weighted by Gasteiger charge is 2.90. The lowest BCUT2D eigenvalue weighted by Crippen LogP contribution is -2.70. The van der Waals surface area contributed by atoms with Crippen LogP contribution in [0.1, 0.15) is 0 Å². The van der Waals surface area contributed by atoms with E-state index in [-0.39, 0.29) is 0 Å². The maximum atomic E-state index is 13.4. The fourth-order valence-corrected chi connectivity index (χ4v) is 2.35. The van der Waals surface area contributed by atoms with Crippen molar-refractivity contribution in [1.82, 2.24) is 4.31 Å². The van der Waals surface area contributed by atoms with E-state index < -0.39 is 62.6 Å². The predicted octanol–water partition coefficient (Wildman–Crippen LogP) is 2.99. The van der Waals surface area contributed by atoms with Gasteiger partial charge >= 0.3 is 41.2 Å². The van der Waals surface area contributed by atoms with Crippen LogP contribution in [0.4, 0.5) is 57.1 Å². The molecule has 162 valence electrons. The number of carboxylic acid groups (broad SMARTS) is 1. The third-order valence-electron chi connectivity index (χ3n) is 2.85. The van der Waals surface area contributed by atoms with Gasteiger partial charge in [0.2, 0.25) is 0 Å². The van der Waals surface area contributed by atoms with Crippen molar-refractivity contribution in [3.63, 3.8) is 0 Å². The second-order valence-electron chi connectivity index (χ2n) is 4.56. The van der Waals surface area contributed by atoms with Crippen molar-refractivity contribution in [2.45, 2.75) is 35.2 Å². The Bertz CT molecular complexity index is 698. The van der Waals surface area contributed by atoms with Crippen molar-refractivity contribution in [2.24, 2.45) is 0 Å². The number of likely N-dealkylation sites (N-methyl/N-ethyl adjacent to an activating group) is 1. The van der Waals surface area contributed by atoms with Gasteiger partial charge in [-0.2, -0.15) is 57.1 Å². The molecule has 0 aromatic rings. The van der Waals surface area contributed by atoms with Crippen LogP contribution in [0, 0.1) is 0 Å². The van der Waals surface area contributed by atoms with Crippen LogP contribution >= 0.6 is 0 Å². The molecule has 0 bridgehead atoms. The van der Waals surface area contributed by atoms with Gasteiger partial charge in [0.1, 0.15) is 0 Å². The van der Waals surface area contributed by atoms with Gasteiger partial charge in [0, 0.05) is 7.05 Å². The molecule has 0 aliphatic carbocycles. The van der Waals surface area contributed by atoms with E-state index in [1.807, 2.05) is 0 Å². The summed E-state index contributed by atoms with van der Waals surface area (Å²) in [6, 6.07) is -6.00. The van der Waals surface area contributed by atoms with Crippen LogP contribution in [-0.2, 0) is 14.8 Å². The van der Waals surface area contributed by atoms with Crippen molar-refractivity contribution in [2.75, 3.05) is 7.05 Å². The van der Waals surface area contributed by atoms with E-state index in [1.54, 1.807) is 0 Å². The Labute approximate surface area is 139 Å². The average Bonchev–Trinajstić information content (AvgIpc) is 2.43. The average molecular weight is 457 g/mol. The lowest BCUT2D eigenvalue weighted by molar-refractivity contribution is -0.413. The third kappa shape index (κ3) is 3.27. The van der Waals surface area contributed by atoms with Gasteiger partial charge in [0.05, 0.1) is 0 Å². The Kier molecular flexibility index (Phi) is 5.89. The van der Waals surface area contributed by atoms with Gasteiger partial charge in [-0.3, -0.25) is 0 Å². The van der Waals surface area contributed by atoms with E-state index in [2.05, 4.69) is 0 Å². The molecule has 0 spiro atoms. The third-order valence-corrected chi connectivity index (χ3v) is 4.70. The molecular weight excluding hydrogens is 453 g/mol. The highest BCUT2D eigenvalue weighted by Crippen LogP contribution is 2.58. The molecule has 27 heavy (non-hydrogen) atoms. The van der Waals surface area contributed by atoms with Gasteiger partial charge in [-0.05, 0) is 0 Å². The molecule has 0 aliphatic rings. The first-order valence-corrected chi connectivity index (χ1v) is 6.97.